The Labute approximate surface area is 172 Å². The first-order valence-electron chi connectivity index (χ1n) is 9.21. The van der Waals surface area contributed by atoms with Gasteiger partial charge < -0.3 is 14.4 Å². The fourth-order valence-electron chi connectivity index (χ4n) is 3.32. The van der Waals surface area contributed by atoms with Crippen LogP contribution in [0.5, 0.6) is 5.88 Å². The fraction of sp³-hybridized carbons (Fsp3) is 0.333. The van der Waals surface area contributed by atoms with E-state index in [0.29, 0.717) is 43.6 Å². The number of carbonyl (C=O) groups excluding carboxylic acids is 1. The maximum atomic E-state index is 12.9. The molecule has 0 N–H and O–H groups in total. The highest BCUT2D eigenvalue weighted by Crippen LogP contribution is 2.31. The molecule has 1 aliphatic rings. The Kier molecular flexibility index (Phi) is 5.80. The number of thiophene rings is 1. The molecule has 1 fully saturated rings. The van der Waals surface area contributed by atoms with Crippen LogP contribution in [0.3, 0.4) is 0 Å². The number of pyridine rings is 1. The van der Waals surface area contributed by atoms with E-state index in [4.69, 9.17) is 21.1 Å². The summed E-state index contributed by atoms with van der Waals surface area (Å²) in [6, 6.07) is 11.7. The summed E-state index contributed by atoms with van der Waals surface area (Å²) in [4.78, 5) is 20.0. The van der Waals surface area contributed by atoms with E-state index in [9.17, 15) is 4.79 Å². The number of aryl methyl sites for hydroxylation is 1. The smallest absolute Gasteiger partial charge is 0.228 e. The van der Waals surface area contributed by atoms with Crippen LogP contribution in [0.15, 0.2) is 42.6 Å². The van der Waals surface area contributed by atoms with Gasteiger partial charge >= 0.3 is 0 Å². The minimum absolute atomic E-state index is 0.132. The van der Waals surface area contributed by atoms with E-state index < -0.39 is 0 Å². The van der Waals surface area contributed by atoms with Crippen molar-refractivity contribution in [3.05, 3.63) is 58.1 Å². The highest BCUT2D eigenvalue weighted by atomic mass is 35.5. The zero-order chi connectivity index (χ0) is 19.5. The predicted molar refractivity (Wildman–Crippen MR) is 111 cm³/mol. The van der Waals surface area contributed by atoms with Gasteiger partial charge in [-0.05, 0) is 30.0 Å². The number of hydrogen-bond donors (Lipinski definition) is 0. The molecule has 0 bridgehead atoms. The quantitative estimate of drug-likeness (QED) is 0.628. The second-order valence-corrected chi connectivity index (χ2v) is 8.35. The molecule has 0 spiro atoms. The average molecular weight is 417 g/mol. The van der Waals surface area contributed by atoms with Crippen molar-refractivity contribution >= 4 is 38.9 Å². The molecule has 146 valence electrons. The summed E-state index contributed by atoms with van der Waals surface area (Å²) in [5, 5.41) is 1.80. The van der Waals surface area contributed by atoms with Crippen LogP contribution in [0.25, 0.3) is 10.1 Å². The van der Waals surface area contributed by atoms with Crippen LogP contribution < -0.4 is 4.74 Å². The summed E-state index contributed by atoms with van der Waals surface area (Å²) >= 11 is 7.54. The van der Waals surface area contributed by atoms with Gasteiger partial charge in [-0.3, -0.25) is 4.79 Å². The van der Waals surface area contributed by atoms with E-state index in [1.54, 1.807) is 29.7 Å². The van der Waals surface area contributed by atoms with Gasteiger partial charge in [0.15, 0.2) is 0 Å². The Balaban J connectivity index is 1.36. The highest BCUT2D eigenvalue weighted by molar-refractivity contribution is 7.19. The van der Waals surface area contributed by atoms with E-state index in [1.165, 1.54) is 15.6 Å². The lowest BCUT2D eigenvalue weighted by atomic mass is 10.1. The summed E-state index contributed by atoms with van der Waals surface area (Å²) in [6.45, 7) is 4.09. The number of amides is 1. The predicted octanol–water partition coefficient (Wildman–Crippen LogP) is 4.11. The third-order valence-corrected chi connectivity index (χ3v) is 6.36. The van der Waals surface area contributed by atoms with Crippen LogP contribution in [-0.4, -0.2) is 48.2 Å². The molecule has 1 saturated heterocycles. The highest BCUT2D eigenvalue weighted by Gasteiger charge is 2.25. The Morgan fingerprint density at radius 1 is 1.36 bits per heavy atom. The molecule has 7 heteroatoms. The molecule has 1 aromatic carbocycles. The van der Waals surface area contributed by atoms with Crippen molar-refractivity contribution in [2.24, 2.45) is 0 Å². The van der Waals surface area contributed by atoms with Crippen molar-refractivity contribution in [3.8, 4) is 5.88 Å². The Morgan fingerprint density at radius 3 is 3.00 bits per heavy atom. The van der Waals surface area contributed by atoms with Crippen LogP contribution >= 0.6 is 22.9 Å². The van der Waals surface area contributed by atoms with Crippen molar-refractivity contribution in [2.75, 3.05) is 26.3 Å². The molecule has 0 radical (unpaired) electrons. The van der Waals surface area contributed by atoms with Crippen molar-refractivity contribution in [1.82, 2.24) is 9.88 Å². The maximum absolute atomic E-state index is 12.9. The van der Waals surface area contributed by atoms with Crippen LogP contribution in [0.4, 0.5) is 0 Å². The molecule has 5 nitrogen and oxygen atoms in total. The van der Waals surface area contributed by atoms with Crippen molar-refractivity contribution in [3.63, 3.8) is 0 Å². The average Bonchev–Trinajstić information content (AvgIpc) is 3.03. The number of halogens is 1. The molecule has 2 aromatic heterocycles. The van der Waals surface area contributed by atoms with Crippen LogP contribution in [-0.2, 0) is 16.0 Å². The topological polar surface area (TPSA) is 51.7 Å². The summed E-state index contributed by atoms with van der Waals surface area (Å²) in [5.74, 6) is 0.630. The summed E-state index contributed by atoms with van der Waals surface area (Å²) in [6.07, 6.45) is 1.80. The van der Waals surface area contributed by atoms with Crippen molar-refractivity contribution in [2.45, 2.75) is 19.4 Å². The number of nitrogens with zero attached hydrogens (tertiary/aromatic N) is 2. The first-order valence-corrected chi connectivity index (χ1v) is 10.4. The summed E-state index contributed by atoms with van der Waals surface area (Å²) < 4.78 is 12.7. The van der Waals surface area contributed by atoms with Gasteiger partial charge in [0.25, 0.3) is 0 Å². The SMILES string of the molecule is Cc1c(CC(=O)N2CCOC(COc3ccc(Cl)cn3)C2)sc2ccccc12. The molecular weight excluding hydrogens is 396 g/mol. The van der Waals surface area contributed by atoms with Crippen LogP contribution in [0.1, 0.15) is 10.4 Å². The zero-order valence-electron chi connectivity index (χ0n) is 15.6. The summed E-state index contributed by atoms with van der Waals surface area (Å²) in [5.41, 5.74) is 1.20. The molecule has 1 aliphatic heterocycles. The lowest BCUT2D eigenvalue weighted by molar-refractivity contribution is -0.139. The Bertz CT molecular complexity index is 973. The molecule has 4 rings (SSSR count). The van der Waals surface area contributed by atoms with Gasteiger partial charge in [-0.15, -0.1) is 11.3 Å². The number of aromatic nitrogens is 1. The van der Waals surface area contributed by atoms with E-state index in [1.807, 2.05) is 17.0 Å². The minimum atomic E-state index is -0.168. The van der Waals surface area contributed by atoms with E-state index >= 15 is 0 Å². The number of morpholine rings is 1. The maximum Gasteiger partial charge on any atom is 0.228 e. The van der Waals surface area contributed by atoms with Gasteiger partial charge in [0.2, 0.25) is 11.8 Å². The molecular formula is C21H21ClN2O3S. The summed E-state index contributed by atoms with van der Waals surface area (Å²) in [7, 11) is 0. The van der Waals surface area contributed by atoms with E-state index in [2.05, 4.69) is 24.0 Å². The number of rotatable bonds is 5. The van der Waals surface area contributed by atoms with Gasteiger partial charge in [0.1, 0.15) is 12.7 Å². The minimum Gasteiger partial charge on any atom is -0.475 e. The zero-order valence-corrected chi connectivity index (χ0v) is 17.1. The molecule has 28 heavy (non-hydrogen) atoms. The number of fused-ring (bicyclic) bond motifs is 1. The molecule has 1 amide bonds. The lowest BCUT2D eigenvalue weighted by Gasteiger charge is -2.32. The molecule has 3 aromatic rings. The third-order valence-electron chi connectivity index (χ3n) is 4.86. The number of carbonyl (C=O) groups is 1. The monoisotopic (exact) mass is 416 g/mol. The van der Waals surface area contributed by atoms with Crippen molar-refractivity contribution in [1.29, 1.82) is 0 Å². The molecule has 0 saturated carbocycles. The van der Waals surface area contributed by atoms with E-state index in [0.717, 1.165) is 4.88 Å². The molecule has 3 heterocycles. The van der Waals surface area contributed by atoms with Gasteiger partial charge in [0, 0.05) is 28.4 Å². The van der Waals surface area contributed by atoms with Gasteiger partial charge in [-0.2, -0.15) is 0 Å². The number of ether oxygens (including phenoxy) is 2. The Morgan fingerprint density at radius 2 is 2.21 bits per heavy atom. The number of benzene rings is 1. The van der Waals surface area contributed by atoms with Crippen molar-refractivity contribution < 1.29 is 14.3 Å². The first-order chi connectivity index (χ1) is 13.6. The third kappa shape index (κ3) is 4.29. The molecule has 1 unspecified atom stereocenters. The standard InChI is InChI=1S/C21H21ClN2O3S/c1-14-17-4-2-3-5-18(17)28-19(14)10-21(25)24-8-9-26-16(12-24)13-27-20-7-6-15(22)11-23-20/h2-7,11,16H,8-10,12-13H2,1H3. The van der Waals surface area contributed by atoms with E-state index in [-0.39, 0.29) is 12.0 Å². The molecule has 0 aliphatic carbocycles. The number of hydrogen-bond acceptors (Lipinski definition) is 5. The van der Waals surface area contributed by atoms with Crippen LogP contribution in [0, 0.1) is 6.92 Å². The first kappa shape index (κ1) is 19.2. The van der Waals surface area contributed by atoms with Gasteiger partial charge in [0.05, 0.1) is 24.6 Å². The Hall–Kier alpha value is -2.15. The van der Waals surface area contributed by atoms with Gasteiger partial charge in [-0.1, -0.05) is 29.8 Å². The van der Waals surface area contributed by atoms with Crippen LogP contribution in [0.2, 0.25) is 5.02 Å². The molecule has 1 atom stereocenters. The largest absolute Gasteiger partial charge is 0.475 e. The second kappa shape index (κ2) is 8.47. The van der Waals surface area contributed by atoms with Gasteiger partial charge in [-0.25, -0.2) is 4.98 Å². The second-order valence-electron chi connectivity index (χ2n) is 6.78. The normalized spacial score (nSPS) is 17.1. The lowest BCUT2D eigenvalue weighted by Crippen LogP contribution is -2.48. The fourth-order valence-corrected chi connectivity index (χ4v) is 4.63.